The zero-order valence-corrected chi connectivity index (χ0v) is 17.0. The Morgan fingerprint density at radius 3 is 2.19 bits per heavy atom. The number of rotatable bonds is 10. The number of sulfonamides is 1. The highest BCUT2D eigenvalue weighted by atomic mass is 35.5. The molecule has 0 saturated heterocycles. The summed E-state index contributed by atoms with van der Waals surface area (Å²) >= 11 is 5.88. The fourth-order valence-electron chi connectivity index (χ4n) is 2.84. The Labute approximate surface area is 162 Å². The molecule has 0 aliphatic rings. The minimum Gasteiger partial charge on any atom is -0.303 e. The second-order valence-corrected chi connectivity index (χ2v) is 8.47. The van der Waals surface area contributed by atoms with Gasteiger partial charge in [-0.25, -0.2) is 8.42 Å². The lowest BCUT2D eigenvalue weighted by Crippen LogP contribution is -2.27. The Morgan fingerprint density at radius 2 is 1.62 bits per heavy atom. The maximum Gasteiger partial charge on any atom is 0.261 e. The molecule has 26 heavy (non-hydrogen) atoms. The van der Waals surface area contributed by atoms with Gasteiger partial charge in [-0.2, -0.15) is 0 Å². The predicted molar refractivity (Wildman–Crippen MR) is 109 cm³/mol. The van der Waals surface area contributed by atoms with E-state index in [0.717, 1.165) is 38.9 Å². The van der Waals surface area contributed by atoms with Crippen LogP contribution in [0.3, 0.4) is 0 Å². The lowest BCUT2D eigenvalue weighted by Gasteiger charge is -2.20. The van der Waals surface area contributed by atoms with Crippen LogP contribution in [-0.2, 0) is 16.4 Å². The Balaban J connectivity index is 1.98. The standard InChI is InChI=1S/C20H27ClN2O2S/c1-3-13-23(14-4-2)15-12-17-8-10-19(11-9-17)22-26(24,25)20-7-5-6-18(21)16-20/h5-11,16,22H,3-4,12-15H2,1-2H3. The van der Waals surface area contributed by atoms with E-state index in [1.807, 2.05) is 12.1 Å². The minimum atomic E-state index is -3.63. The summed E-state index contributed by atoms with van der Waals surface area (Å²) in [6.07, 6.45) is 3.27. The summed E-state index contributed by atoms with van der Waals surface area (Å²) in [6, 6.07) is 13.8. The zero-order valence-electron chi connectivity index (χ0n) is 15.4. The summed E-state index contributed by atoms with van der Waals surface area (Å²) in [5, 5.41) is 0.395. The molecular formula is C20H27ClN2O2S. The Hall–Kier alpha value is -1.56. The van der Waals surface area contributed by atoms with Crippen molar-refractivity contribution in [2.45, 2.75) is 38.0 Å². The first-order valence-corrected chi connectivity index (χ1v) is 10.9. The summed E-state index contributed by atoms with van der Waals surface area (Å²) in [6.45, 7) is 7.65. The SMILES string of the molecule is CCCN(CCC)CCc1ccc(NS(=O)(=O)c2cccc(Cl)c2)cc1. The van der Waals surface area contributed by atoms with Gasteiger partial charge in [-0.1, -0.05) is 43.6 Å². The highest BCUT2D eigenvalue weighted by Gasteiger charge is 2.14. The van der Waals surface area contributed by atoms with Crippen molar-refractivity contribution in [1.29, 1.82) is 0 Å². The van der Waals surface area contributed by atoms with Crippen molar-refractivity contribution in [3.8, 4) is 0 Å². The average Bonchev–Trinajstić information content (AvgIpc) is 2.61. The topological polar surface area (TPSA) is 49.4 Å². The molecule has 0 unspecified atom stereocenters. The average molecular weight is 395 g/mol. The van der Waals surface area contributed by atoms with E-state index in [9.17, 15) is 8.42 Å². The van der Waals surface area contributed by atoms with Crippen molar-refractivity contribution in [2.75, 3.05) is 24.4 Å². The molecular weight excluding hydrogens is 368 g/mol. The molecule has 2 aromatic carbocycles. The van der Waals surface area contributed by atoms with Crippen molar-refractivity contribution in [3.63, 3.8) is 0 Å². The third kappa shape index (κ3) is 6.31. The van der Waals surface area contributed by atoms with E-state index in [0.29, 0.717) is 10.7 Å². The van der Waals surface area contributed by atoms with Crippen molar-refractivity contribution < 1.29 is 8.42 Å². The molecule has 2 aromatic rings. The molecule has 0 aliphatic carbocycles. The first-order chi connectivity index (χ1) is 12.4. The van der Waals surface area contributed by atoms with Crippen LogP contribution < -0.4 is 4.72 Å². The summed E-state index contributed by atoms with van der Waals surface area (Å²) in [7, 11) is -3.63. The second-order valence-electron chi connectivity index (χ2n) is 6.35. The molecule has 0 aromatic heterocycles. The predicted octanol–water partition coefficient (Wildman–Crippen LogP) is 4.81. The molecule has 0 fully saturated rings. The van der Waals surface area contributed by atoms with Crippen LogP contribution in [0.25, 0.3) is 0 Å². The van der Waals surface area contributed by atoms with E-state index in [2.05, 4.69) is 23.5 Å². The van der Waals surface area contributed by atoms with E-state index >= 15 is 0 Å². The van der Waals surface area contributed by atoms with E-state index in [-0.39, 0.29) is 4.90 Å². The van der Waals surface area contributed by atoms with Crippen LogP contribution in [0.1, 0.15) is 32.3 Å². The van der Waals surface area contributed by atoms with Gasteiger partial charge in [0.15, 0.2) is 0 Å². The molecule has 0 aliphatic heterocycles. The number of anilines is 1. The third-order valence-electron chi connectivity index (χ3n) is 4.11. The van der Waals surface area contributed by atoms with Crippen LogP contribution in [0.2, 0.25) is 5.02 Å². The Morgan fingerprint density at radius 1 is 0.962 bits per heavy atom. The van der Waals surface area contributed by atoms with Gasteiger partial charge in [0, 0.05) is 17.3 Å². The fourth-order valence-corrected chi connectivity index (χ4v) is 4.20. The second kappa shape index (κ2) is 9.95. The molecule has 0 amide bonds. The largest absolute Gasteiger partial charge is 0.303 e. The number of halogens is 1. The van der Waals surface area contributed by atoms with Crippen LogP contribution >= 0.6 is 11.6 Å². The monoisotopic (exact) mass is 394 g/mol. The van der Waals surface area contributed by atoms with Crippen LogP contribution in [0.5, 0.6) is 0 Å². The summed E-state index contributed by atoms with van der Waals surface area (Å²) in [5.41, 5.74) is 1.75. The normalized spacial score (nSPS) is 11.7. The quantitative estimate of drug-likeness (QED) is 0.629. The summed E-state index contributed by atoms with van der Waals surface area (Å²) in [5.74, 6) is 0. The van der Waals surface area contributed by atoms with Crippen molar-refractivity contribution >= 4 is 27.3 Å². The van der Waals surface area contributed by atoms with Gasteiger partial charge in [0.05, 0.1) is 4.90 Å². The van der Waals surface area contributed by atoms with Crippen LogP contribution in [-0.4, -0.2) is 33.0 Å². The first-order valence-electron chi connectivity index (χ1n) is 9.04. The molecule has 0 atom stereocenters. The molecule has 4 nitrogen and oxygen atoms in total. The van der Waals surface area contributed by atoms with E-state index < -0.39 is 10.0 Å². The maximum absolute atomic E-state index is 12.4. The first kappa shape index (κ1) is 20.7. The fraction of sp³-hybridized carbons (Fsp3) is 0.400. The molecule has 1 N–H and O–H groups in total. The number of hydrogen-bond donors (Lipinski definition) is 1. The summed E-state index contributed by atoms with van der Waals surface area (Å²) in [4.78, 5) is 2.62. The van der Waals surface area contributed by atoms with Crippen molar-refractivity contribution in [3.05, 3.63) is 59.1 Å². The molecule has 0 heterocycles. The summed E-state index contributed by atoms with van der Waals surface area (Å²) < 4.78 is 27.4. The van der Waals surface area contributed by atoms with Gasteiger partial charge in [0.25, 0.3) is 10.0 Å². The van der Waals surface area contributed by atoms with Gasteiger partial charge in [0.2, 0.25) is 0 Å². The lowest BCUT2D eigenvalue weighted by molar-refractivity contribution is 0.278. The lowest BCUT2D eigenvalue weighted by atomic mass is 10.1. The van der Waals surface area contributed by atoms with Gasteiger partial charge in [-0.3, -0.25) is 4.72 Å². The van der Waals surface area contributed by atoms with Gasteiger partial charge >= 0.3 is 0 Å². The molecule has 0 spiro atoms. The molecule has 0 radical (unpaired) electrons. The van der Waals surface area contributed by atoms with Crippen LogP contribution in [0.15, 0.2) is 53.4 Å². The smallest absolute Gasteiger partial charge is 0.261 e. The highest BCUT2D eigenvalue weighted by molar-refractivity contribution is 7.92. The van der Waals surface area contributed by atoms with Gasteiger partial charge in [-0.15, -0.1) is 0 Å². The Kier molecular flexibility index (Phi) is 7.94. The molecule has 142 valence electrons. The van der Waals surface area contributed by atoms with E-state index in [1.54, 1.807) is 24.3 Å². The van der Waals surface area contributed by atoms with Crippen molar-refractivity contribution in [1.82, 2.24) is 4.90 Å². The zero-order chi connectivity index (χ0) is 19.0. The van der Waals surface area contributed by atoms with E-state index in [4.69, 9.17) is 11.6 Å². The number of nitrogens with one attached hydrogen (secondary N) is 1. The number of benzene rings is 2. The molecule has 0 bridgehead atoms. The van der Waals surface area contributed by atoms with E-state index in [1.165, 1.54) is 17.7 Å². The number of nitrogens with zero attached hydrogens (tertiary/aromatic N) is 1. The molecule has 6 heteroatoms. The van der Waals surface area contributed by atoms with Gasteiger partial charge in [0.1, 0.15) is 0 Å². The highest BCUT2D eigenvalue weighted by Crippen LogP contribution is 2.19. The molecule has 0 saturated carbocycles. The van der Waals surface area contributed by atoms with Crippen LogP contribution in [0.4, 0.5) is 5.69 Å². The minimum absolute atomic E-state index is 0.156. The third-order valence-corrected chi connectivity index (χ3v) is 5.72. The molecule has 2 rings (SSSR count). The van der Waals surface area contributed by atoms with Gasteiger partial charge < -0.3 is 4.90 Å². The maximum atomic E-state index is 12.4. The van der Waals surface area contributed by atoms with Gasteiger partial charge in [-0.05, 0) is 68.2 Å². The van der Waals surface area contributed by atoms with Crippen LogP contribution in [0, 0.1) is 0 Å². The number of hydrogen-bond acceptors (Lipinski definition) is 3. The van der Waals surface area contributed by atoms with Crippen molar-refractivity contribution in [2.24, 2.45) is 0 Å². The Bertz CT molecular complexity index is 786.